The zero-order valence-electron chi connectivity index (χ0n) is 12.0. The third-order valence-corrected chi connectivity index (χ3v) is 3.69. The van der Waals surface area contributed by atoms with E-state index in [1.807, 2.05) is 11.9 Å². The lowest BCUT2D eigenvalue weighted by molar-refractivity contribution is 0.236. The molecular formula is C15H23N3O. The minimum absolute atomic E-state index is 0.0244. The van der Waals surface area contributed by atoms with Gasteiger partial charge >= 0.3 is 6.03 Å². The van der Waals surface area contributed by atoms with Gasteiger partial charge in [0.15, 0.2) is 0 Å². The van der Waals surface area contributed by atoms with Gasteiger partial charge in [0, 0.05) is 25.6 Å². The highest BCUT2D eigenvalue weighted by Crippen LogP contribution is 2.27. The smallest absolute Gasteiger partial charge is 0.321 e. The molecule has 1 aromatic carbocycles. The van der Waals surface area contributed by atoms with Gasteiger partial charge in [-0.15, -0.1) is 0 Å². The van der Waals surface area contributed by atoms with Gasteiger partial charge in [0.1, 0.15) is 0 Å². The van der Waals surface area contributed by atoms with Crippen LogP contribution >= 0.6 is 0 Å². The van der Waals surface area contributed by atoms with E-state index in [4.69, 9.17) is 0 Å². The SMILES string of the molecule is CCc1cccc(C)c1N1CC(CNC)CNC1=O. The van der Waals surface area contributed by atoms with Crippen LogP contribution in [0.1, 0.15) is 18.1 Å². The number of nitrogens with zero attached hydrogens (tertiary/aromatic N) is 1. The third kappa shape index (κ3) is 2.89. The molecule has 1 atom stereocenters. The first-order valence-corrected chi connectivity index (χ1v) is 6.95. The Morgan fingerprint density at radius 2 is 2.26 bits per heavy atom. The summed E-state index contributed by atoms with van der Waals surface area (Å²) in [6.45, 7) is 6.66. The van der Waals surface area contributed by atoms with Gasteiger partial charge in [-0.25, -0.2) is 4.79 Å². The van der Waals surface area contributed by atoms with Gasteiger partial charge in [-0.05, 0) is 31.5 Å². The van der Waals surface area contributed by atoms with Crippen LogP contribution in [0.3, 0.4) is 0 Å². The molecular weight excluding hydrogens is 238 g/mol. The minimum atomic E-state index is 0.0244. The van der Waals surface area contributed by atoms with Crippen molar-refractivity contribution in [2.24, 2.45) is 5.92 Å². The van der Waals surface area contributed by atoms with Crippen LogP contribution < -0.4 is 15.5 Å². The number of nitrogens with one attached hydrogen (secondary N) is 2. The van der Waals surface area contributed by atoms with E-state index in [1.54, 1.807) is 0 Å². The molecule has 104 valence electrons. The summed E-state index contributed by atoms with van der Waals surface area (Å²) in [5.41, 5.74) is 3.49. The molecule has 2 N–H and O–H groups in total. The summed E-state index contributed by atoms with van der Waals surface area (Å²) < 4.78 is 0. The maximum absolute atomic E-state index is 12.2. The van der Waals surface area contributed by atoms with Crippen molar-refractivity contribution >= 4 is 11.7 Å². The van der Waals surface area contributed by atoms with Crippen LogP contribution in [0, 0.1) is 12.8 Å². The highest BCUT2D eigenvalue weighted by molar-refractivity contribution is 5.94. The number of carbonyl (C=O) groups excluding carboxylic acids is 1. The van der Waals surface area contributed by atoms with E-state index in [0.717, 1.165) is 31.7 Å². The van der Waals surface area contributed by atoms with Crippen LogP contribution in [0.4, 0.5) is 10.5 Å². The van der Waals surface area contributed by atoms with E-state index in [-0.39, 0.29) is 6.03 Å². The Hall–Kier alpha value is -1.55. The maximum atomic E-state index is 12.2. The van der Waals surface area contributed by atoms with E-state index in [0.29, 0.717) is 5.92 Å². The molecule has 4 heteroatoms. The number of rotatable bonds is 4. The van der Waals surface area contributed by atoms with Crippen LogP contribution in [-0.4, -0.2) is 32.7 Å². The van der Waals surface area contributed by atoms with Crippen molar-refractivity contribution in [2.45, 2.75) is 20.3 Å². The van der Waals surface area contributed by atoms with Crippen LogP contribution in [0.2, 0.25) is 0 Å². The molecule has 1 saturated heterocycles. The van der Waals surface area contributed by atoms with E-state index < -0.39 is 0 Å². The van der Waals surface area contributed by atoms with Gasteiger partial charge in [0.05, 0.1) is 5.69 Å². The Bertz CT molecular complexity index is 459. The fourth-order valence-corrected chi connectivity index (χ4v) is 2.74. The molecule has 0 radical (unpaired) electrons. The number of carbonyl (C=O) groups is 1. The Balaban J connectivity index is 2.30. The Kier molecular flexibility index (Phi) is 4.43. The Morgan fingerprint density at radius 3 is 2.95 bits per heavy atom. The molecule has 0 aromatic heterocycles. The van der Waals surface area contributed by atoms with Gasteiger partial charge in [0.25, 0.3) is 0 Å². The molecule has 1 aromatic rings. The van der Waals surface area contributed by atoms with Gasteiger partial charge < -0.3 is 10.6 Å². The molecule has 1 aliphatic rings. The molecule has 1 unspecified atom stereocenters. The lowest BCUT2D eigenvalue weighted by Crippen LogP contribution is -2.53. The van der Waals surface area contributed by atoms with E-state index in [2.05, 4.69) is 42.7 Å². The number of amides is 2. The molecule has 19 heavy (non-hydrogen) atoms. The molecule has 2 amide bonds. The van der Waals surface area contributed by atoms with Crippen molar-refractivity contribution in [3.63, 3.8) is 0 Å². The number of para-hydroxylation sites is 1. The standard InChI is InChI=1S/C15H23N3O/c1-4-13-7-5-6-11(2)14(13)18-10-12(8-16-3)9-17-15(18)19/h5-7,12,16H,4,8-10H2,1-3H3,(H,17,19). The topological polar surface area (TPSA) is 44.4 Å². The molecule has 0 saturated carbocycles. The fraction of sp³-hybridized carbons (Fsp3) is 0.533. The molecule has 4 nitrogen and oxygen atoms in total. The summed E-state index contributed by atoms with van der Waals surface area (Å²) >= 11 is 0. The quantitative estimate of drug-likeness (QED) is 0.869. The number of anilines is 1. The zero-order chi connectivity index (χ0) is 13.8. The summed E-state index contributed by atoms with van der Waals surface area (Å²) in [5.74, 6) is 0.451. The first-order chi connectivity index (χ1) is 9.17. The summed E-state index contributed by atoms with van der Waals surface area (Å²) in [5, 5.41) is 6.18. The van der Waals surface area contributed by atoms with E-state index in [1.165, 1.54) is 11.1 Å². The molecule has 0 aliphatic carbocycles. The van der Waals surface area contributed by atoms with Gasteiger partial charge in [-0.2, -0.15) is 0 Å². The molecule has 0 bridgehead atoms. The minimum Gasteiger partial charge on any atom is -0.337 e. The number of hydrogen-bond donors (Lipinski definition) is 2. The molecule has 1 aliphatic heterocycles. The number of urea groups is 1. The number of benzene rings is 1. The van der Waals surface area contributed by atoms with Gasteiger partial charge in [-0.1, -0.05) is 25.1 Å². The highest BCUT2D eigenvalue weighted by Gasteiger charge is 2.28. The average molecular weight is 261 g/mol. The fourth-order valence-electron chi connectivity index (χ4n) is 2.74. The van der Waals surface area contributed by atoms with Crippen LogP contribution in [0.5, 0.6) is 0 Å². The summed E-state index contributed by atoms with van der Waals surface area (Å²) in [6, 6.07) is 6.27. The average Bonchev–Trinajstić information content (AvgIpc) is 2.41. The van der Waals surface area contributed by atoms with Crippen molar-refractivity contribution < 1.29 is 4.79 Å². The Morgan fingerprint density at radius 1 is 1.47 bits per heavy atom. The second-order valence-electron chi connectivity index (χ2n) is 5.16. The molecule has 1 fully saturated rings. The van der Waals surface area contributed by atoms with E-state index >= 15 is 0 Å². The zero-order valence-corrected chi connectivity index (χ0v) is 12.0. The first-order valence-electron chi connectivity index (χ1n) is 6.95. The van der Waals surface area contributed by atoms with Gasteiger partial charge in [-0.3, -0.25) is 4.90 Å². The van der Waals surface area contributed by atoms with Crippen molar-refractivity contribution in [1.29, 1.82) is 0 Å². The summed E-state index contributed by atoms with van der Waals surface area (Å²) in [4.78, 5) is 14.1. The summed E-state index contributed by atoms with van der Waals surface area (Å²) in [7, 11) is 1.95. The van der Waals surface area contributed by atoms with Crippen LogP contribution in [-0.2, 0) is 6.42 Å². The summed E-state index contributed by atoms with van der Waals surface area (Å²) in [6.07, 6.45) is 0.942. The molecule has 0 spiro atoms. The monoisotopic (exact) mass is 261 g/mol. The second kappa shape index (κ2) is 6.06. The lowest BCUT2D eigenvalue weighted by atomic mass is 10.0. The lowest BCUT2D eigenvalue weighted by Gasteiger charge is -2.35. The Labute approximate surface area is 115 Å². The van der Waals surface area contributed by atoms with Crippen molar-refractivity contribution in [1.82, 2.24) is 10.6 Å². The second-order valence-corrected chi connectivity index (χ2v) is 5.16. The van der Waals surface area contributed by atoms with Crippen LogP contribution in [0.25, 0.3) is 0 Å². The van der Waals surface area contributed by atoms with Gasteiger partial charge in [0.2, 0.25) is 0 Å². The maximum Gasteiger partial charge on any atom is 0.321 e. The number of aryl methyl sites for hydroxylation is 2. The molecule has 2 rings (SSSR count). The number of hydrogen-bond acceptors (Lipinski definition) is 2. The van der Waals surface area contributed by atoms with Crippen molar-refractivity contribution in [3.05, 3.63) is 29.3 Å². The normalized spacial score (nSPS) is 19.4. The van der Waals surface area contributed by atoms with Crippen LogP contribution in [0.15, 0.2) is 18.2 Å². The third-order valence-electron chi connectivity index (χ3n) is 3.69. The van der Waals surface area contributed by atoms with E-state index in [9.17, 15) is 4.79 Å². The van der Waals surface area contributed by atoms with Crippen molar-refractivity contribution in [3.8, 4) is 0 Å². The predicted molar refractivity (Wildman–Crippen MR) is 78.7 cm³/mol. The predicted octanol–water partition coefficient (Wildman–Crippen LogP) is 1.92. The molecule has 1 heterocycles. The van der Waals surface area contributed by atoms with Crippen molar-refractivity contribution in [2.75, 3.05) is 31.6 Å². The highest BCUT2D eigenvalue weighted by atomic mass is 16.2. The first kappa shape index (κ1) is 13.9. The largest absolute Gasteiger partial charge is 0.337 e.